The molecule has 0 saturated carbocycles. The first kappa shape index (κ1) is 21.7. The summed E-state index contributed by atoms with van der Waals surface area (Å²) in [4.78, 5) is 11.7. The zero-order valence-electron chi connectivity index (χ0n) is 16.2. The van der Waals surface area contributed by atoms with E-state index in [0.29, 0.717) is 5.57 Å². The number of hydrogen-bond donors (Lipinski definition) is 3. The van der Waals surface area contributed by atoms with Crippen LogP contribution in [0.3, 0.4) is 0 Å². The van der Waals surface area contributed by atoms with E-state index in [0.717, 1.165) is 0 Å². The summed E-state index contributed by atoms with van der Waals surface area (Å²) in [6.45, 7) is 9.91. The monoisotopic (exact) mass is 365 g/mol. The highest BCUT2D eigenvalue weighted by atomic mass is 19.1. The van der Waals surface area contributed by atoms with E-state index in [1.165, 1.54) is 13.0 Å². The van der Waals surface area contributed by atoms with Crippen LogP contribution < -0.4 is 5.32 Å². The second-order valence-electron chi connectivity index (χ2n) is 7.20. The average Bonchev–Trinajstić information content (AvgIpc) is 2.49. The number of aliphatic hydroxyl groups is 2. The quantitative estimate of drug-likeness (QED) is 0.531. The first-order chi connectivity index (χ1) is 11.9. The molecule has 1 aromatic rings. The van der Waals surface area contributed by atoms with Crippen LogP contribution in [-0.4, -0.2) is 28.0 Å². The smallest absolute Gasteiger partial charge is 0.407 e. The Balaban J connectivity index is 3.10. The highest BCUT2D eigenvalue weighted by Gasteiger charge is 2.18. The number of aliphatic hydroxyl groups excluding tert-OH is 2. The Bertz CT molecular complexity index is 711. The van der Waals surface area contributed by atoms with Crippen LogP contribution in [-0.2, 0) is 11.3 Å². The predicted octanol–water partition coefficient (Wildman–Crippen LogP) is 4.47. The summed E-state index contributed by atoms with van der Waals surface area (Å²) >= 11 is 0. The maximum Gasteiger partial charge on any atom is 0.407 e. The number of benzene rings is 1. The van der Waals surface area contributed by atoms with Gasteiger partial charge in [-0.15, -0.1) is 0 Å². The van der Waals surface area contributed by atoms with Crippen molar-refractivity contribution in [2.24, 2.45) is 0 Å². The topological polar surface area (TPSA) is 78.8 Å². The molecule has 1 rings (SSSR count). The molecule has 1 atom stereocenters. The lowest BCUT2D eigenvalue weighted by atomic mass is 9.98. The third-order valence-electron chi connectivity index (χ3n) is 3.61. The lowest BCUT2D eigenvalue weighted by molar-refractivity contribution is 0.0523. The van der Waals surface area contributed by atoms with Gasteiger partial charge in [-0.2, -0.15) is 0 Å². The van der Waals surface area contributed by atoms with E-state index in [2.05, 4.69) is 5.32 Å². The van der Waals surface area contributed by atoms with Gasteiger partial charge in [-0.05, 0) is 53.2 Å². The van der Waals surface area contributed by atoms with Gasteiger partial charge < -0.3 is 20.3 Å². The molecule has 5 nitrogen and oxygen atoms in total. The van der Waals surface area contributed by atoms with Crippen LogP contribution in [0.2, 0.25) is 0 Å². The fourth-order valence-corrected chi connectivity index (χ4v) is 2.13. The Kier molecular flexibility index (Phi) is 7.39. The lowest BCUT2D eigenvalue weighted by Gasteiger charge is -2.20. The van der Waals surface area contributed by atoms with Crippen LogP contribution in [0.4, 0.5) is 9.18 Å². The summed E-state index contributed by atoms with van der Waals surface area (Å²) in [5.74, 6) is -0.622. The molecule has 0 aliphatic heterocycles. The standard InChI is InChI=1S/C20H28FNO4/c1-12(13(2)23)10-17(14(3)24)16-9-7-8-15(18(16)21)11-22-19(25)26-20(4,5)6/h7-10,13,23-24H,11H2,1-6H3,(H,22,25)/b12-10+,17-14-/t13-/m1/s1. The van der Waals surface area contributed by atoms with Crippen molar-refractivity contribution in [2.75, 3.05) is 0 Å². The van der Waals surface area contributed by atoms with Gasteiger partial charge in [-0.25, -0.2) is 9.18 Å². The van der Waals surface area contributed by atoms with Gasteiger partial charge in [0.25, 0.3) is 0 Å². The van der Waals surface area contributed by atoms with Gasteiger partial charge in [0.2, 0.25) is 0 Å². The summed E-state index contributed by atoms with van der Waals surface area (Å²) in [6, 6.07) is 4.72. The Hall–Kier alpha value is -2.34. The fraction of sp³-hybridized carbons (Fsp3) is 0.450. The van der Waals surface area contributed by atoms with E-state index in [4.69, 9.17) is 4.74 Å². The molecule has 3 N–H and O–H groups in total. The molecule has 0 radical (unpaired) electrons. The van der Waals surface area contributed by atoms with Gasteiger partial charge in [-0.1, -0.05) is 18.2 Å². The molecule has 6 heteroatoms. The van der Waals surface area contributed by atoms with Crippen molar-refractivity contribution in [2.45, 2.75) is 59.8 Å². The van der Waals surface area contributed by atoms with Crippen molar-refractivity contribution in [1.29, 1.82) is 0 Å². The number of nitrogens with one attached hydrogen (secondary N) is 1. The van der Waals surface area contributed by atoms with Crippen LogP contribution in [0.5, 0.6) is 0 Å². The number of carbonyl (C=O) groups excluding carboxylic acids is 1. The molecular weight excluding hydrogens is 337 g/mol. The molecule has 0 bridgehead atoms. The van der Waals surface area contributed by atoms with E-state index in [1.54, 1.807) is 52.8 Å². The van der Waals surface area contributed by atoms with Gasteiger partial charge >= 0.3 is 6.09 Å². The summed E-state index contributed by atoms with van der Waals surface area (Å²) < 4.78 is 20.0. The van der Waals surface area contributed by atoms with Crippen LogP contribution in [0, 0.1) is 5.82 Å². The molecule has 0 unspecified atom stereocenters. The van der Waals surface area contributed by atoms with E-state index in [9.17, 15) is 19.4 Å². The van der Waals surface area contributed by atoms with E-state index >= 15 is 0 Å². The maximum atomic E-state index is 14.9. The number of ether oxygens (including phenoxy) is 1. The number of amides is 1. The molecule has 0 heterocycles. The minimum absolute atomic E-state index is 0.0502. The minimum atomic E-state index is -0.718. The number of carbonyl (C=O) groups is 1. The maximum absolute atomic E-state index is 14.9. The summed E-state index contributed by atoms with van der Waals surface area (Å²) in [5, 5.41) is 22.1. The number of hydrogen-bond acceptors (Lipinski definition) is 4. The fourth-order valence-electron chi connectivity index (χ4n) is 2.13. The van der Waals surface area contributed by atoms with Crippen molar-refractivity contribution < 1.29 is 24.1 Å². The molecule has 1 aromatic carbocycles. The number of halogens is 1. The Morgan fingerprint density at radius 3 is 2.46 bits per heavy atom. The van der Waals surface area contributed by atoms with Crippen molar-refractivity contribution in [3.05, 3.63) is 52.6 Å². The van der Waals surface area contributed by atoms with Gasteiger partial charge in [0.1, 0.15) is 11.4 Å². The normalized spacial score (nSPS) is 14.5. The second-order valence-corrected chi connectivity index (χ2v) is 7.20. The molecule has 26 heavy (non-hydrogen) atoms. The molecule has 0 aliphatic carbocycles. The molecule has 0 saturated heterocycles. The number of allylic oxidation sites excluding steroid dienone is 3. The van der Waals surface area contributed by atoms with Crippen LogP contribution in [0.1, 0.15) is 52.7 Å². The molecule has 0 fully saturated rings. The Morgan fingerprint density at radius 2 is 1.96 bits per heavy atom. The second kappa shape index (κ2) is 8.85. The van der Waals surface area contributed by atoms with Crippen LogP contribution >= 0.6 is 0 Å². The molecule has 0 aromatic heterocycles. The predicted molar refractivity (Wildman–Crippen MR) is 100 cm³/mol. The molecule has 0 aliphatic rings. The SMILES string of the molecule is C/C(O)=C(\C=C(/C)[C@@H](C)O)c1cccc(CNC(=O)OC(C)(C)C)c1F. The van der Waals surface area contributed by atoms with E-state index < -0.39 is 23.6 Å². The number of alkyl carbamates (subject to hydrolysis) is 1. The highest BCUT2D eigenvalue weighted by Crippen LogP contribution is 2.26. The summed E-state index contributed by atoms with van der Waals surface area (Å²) in [6.07, 6.45) is 0.189. The highest BCUT2D eigenvalue weighted by molar-refractivity contribution is 5.77. The number of rotatable bonds is 5. The van der Waals surface area contributed by atoms with Gasteiger partial charge in [0.15, 0.2) is 0 Å². The van der Waals surface area contributed by atoms with Crippen molar-refractivity contribution in [3.63, 3.8) is 0 Å². The Labute approximate surface area is 154 Å². The average molecular weight is 365 g/mol. The van der Waals surface area contributed by atoms with Gasteiger partial charge in [0.05, 0.1) is 11.9 Å². The Morgan fingerprint density at radius 1 is 1.35 bits per heavy atom. The van der Waals surface area contributed by atoms with Crippen molar-refractivity contribution in [1.82, 2.24) is 5.32 Å². The molecular formula is C20H28FNO4. The lowest BCUT2D eigenvalue weighted by Crippen LogP contribution is -2.32. The van der Waals surface area contributed by atoms with Crippen LogP contribution in [0.25, 0.3) is 5.57 Å². The van der Waals surface area contributed by atoms with Crippen molar-refractivity contribution in [3.8, 4) is 0 Å². The van der Waals surface area contributed by atoms with Gasteiger partial charge in [0, 0.05) is 23.2 Å². The largest absolute Gasteiger partial charge is 0.512 e. The molecule has 144 valence electrons. The first-order valence-corrected chi connectivity index (χ1v) is 8.43. The third-order valence-corrected chi connectivity index (χ3v) is 3.61. The summed E-state index contributed by atoms with van der Waals surface area (Å²) in [5.41, 5.74) is 0.673. The minimum Gasteiger partial charge on any atom is -0.512 e. The third kappa shape index (κ3) is 6.52. The van der Waals surface area contributed by atoms with Crippen LogP contribution in [0.15, 0.2) is 35.6 Å². The zero-order valence-corrected chi connectivity index (χ0v) is 16.2. The summed E-state index contributed by atoms with van der Waals surface area (Å²) in [7, 11) is 0. The molecule has 0 spiro atoms. The van der Waals surface area contributed by atoms with Crippen molar-refractivity contribution >= 4 is 11.7 Å². The van der Waals surface area contributed by atoms with E-state index in [1.807, 2.05) is 0 Å². The molecule has 1 amide bonds. The zero-order chi connectivity index (χ0) is 20.1. The van der Waals surface area contributed by atoms with Gasteiger partial charge in [-0.3, -0.25) is 0 Å². The first-order valence-electron chi connectivity index (χ1n) is 8.43. The van der Waals surface area contributed by atoms with E-state index in [-0.39, 0.29) is 29.0 Å².